The van der Waals surface area contributed by atoms with Gasteiger partial charge in [-0.25, -0.2) is 0 Å². The van der Waals surface area contributed by atoms with E-state index in [1.165, 1.54) is 0 Å². The van der Waals surface area contributed by atoms with Gasteiger partial charge in [0.2, 0.25) is 0 Å². The molecule has 4 heteroatoms. The largest absolute Gasteiger partial charge is 0.328 e. The number of pyridine rings is 1. The van der Waals surface area contributed by atoms with Gasteiger partial charge in [-0.3, -0.25) is 4.98 Å². The number of halogens is 1. The minimum atomic E-state index is 0.0899. The summed E-state index contributed by atoms with van der Waals surface area (Å²) in [5, 5.41) is 3.31. The van der Waals surface area contributed by atoms with Crippen LogP contribution in [0.2, 0.25) is 0 Å². The molecule has 1 aliphatic rings. The lowest BCUT2D eigenvalue weighted by atomic mass is 9.86. The number of nitrogens with two attached hydrogens (primary N) is 1. The molecule has 0 atom stereocenters. The summed E-state index contributed by atoms with van der Waals surface area (Å²) in [6.45, 7) is 1.34. The molecule has 0 unspecified atom stereocenters. The van der Waals surface area contributed by atoms with E-state index in [1.54, 1.807) is 0 Å². The van der Waals surface area contributed by atoms with Crippen molar-refractivity contribution in [2.45, 2.75) is 38.3 Å². The first-order valence-corrected chi connectivity index (χ1v) is 7.15. The maximum Gasteiger partial charge on any atom is 0.0851 e. The third-order valence-corrected chi connectivity index (χ3v) is 3.73. The second kappa shape index (κ2) is 6.66. The smallest absolute Gasteiger partial charge is 0.0851 e. The molecule has 0 amide bonds. The van der Waals surface area contributed by atoms with Gasteiger partial charge in [-0.15, -0.1) is 0 Å². The molecule has 1 fully saturated rings. The molecule has 2 rings (SSSR count). The molecule has 1 heterocycles. The van der Waals surface area contributed by atoms with Crippen LogP contribution < -0.4 is 11.1 Å². The van der Waals surface area contributed by atoms with Crippen LogP contribution in [-0.2, 0) is 6.54 Å². The Morgan fingerprint density at radius 1 is 1.41 bits per heavy atom. The van der Waals surface area contributed by atoms with Gasteiger partial charge >= 0.3 is 0 Å². The quantitative estimate of drug-likeness (QED) is 0.821. The van der Waals surface area contributed by atoms with Crippen LogP contribution in [-0.4, -0.2) is 17.6 Å². The van der Waals surface area contributed by atoms with Crippen molar-refractivity contribution in [3.8, 4) is 0 Å². The molecule has 3 nitrogen and oxygen atoms in total. The van der Waals surface area contributed by atoms with Crippen LogP contribution in [0.5, 0.6) is 0 Å². The summed E-state index contributed by atoms with van der Waals surface area (Å²) in [6, 6.07) is 0.593. The molecule has 94 valence electrons. The normalized spacial score (nSPS) is 27.3. The van der Waals surface area contributed by atoms with Crippen molar-refractivity contribution in [2.24, 2.45) is 11.7 Å². The van der Waals surface area contributed by atoms with E-state index in [-0.39, 0.29) is 18.3 Å². The highest BCUT2D eigenvalue weighted by Gasteiger charge is 2.17. The van der Waals surface area contributed by atoms with Crippen molar-refractivity contribution in [1.82, 2.24) is 10.3 Å². The molecule has 0 saturated heterocycles. The standard InChI is InChI=1S/C13H20IN3/c14-11-3-6-13(17-8-11)9-16-7-10-1-4-12(15)5-2-10/h3,6,8,10,12,16H,1-2,4-5,7,9,15H2/i3D,6D,8D. The Balaban J connectivity index is 1.88. The monoisotopic (exact) mass is 348 g/mol. The molecule has 0 spiro atoms. The van der Waals surface area contributed by atoms with E-state index in [4.69, 9.17) is 9.85 Å². The van der Waals surface area contributed by atoms with E-state index in [0.717, 1.165) is 32.2 Å². The number of rotatable bonds is 4. The van der Waals surface area contributed by atoms with Gasteiger partial charge in [-0.2, -0.15) is 0 Å². The SMILES string of the molecule is [2H]c1nc(CNCC2CCC(N)CC2)c([2H])c([2H])c1I. The van der Waals surface area contributed by atoms with Gasteiger partial charge in [0.15, 0.2) is 0 Å². The fraction of sp³-hybridized carbons (Fsp3) is 0.615. The van der Waals surface area contributed by atoms with Gasteiger partial charge in [-0.1, -0.05) is 0 Å². The zero-order valence-corrected chi connectivity index (χ0v) is 12.0. The highest BCUT2D eigenvalue weighted by molar-refractivity contribution is 14.1. The Hall–Kier alpha value is -0.200. The topological polar surface area (TPSA) is 50.9 Å². The molecular weight excluding hydrogens is 325 g/mol. The number of hydrogen-bond donors (Lipinski definition) is 2. The number of nitrogens with zero attached hydrogens (tertiary/aromatic N) is 1. The van der Waals surface area contributed by atoms with Gasteiger partial charge in [0.05, 0.1) is 9.81 Å². The zero-order valence-electron chi connectivity index (χ0n) is 12.8. The summed E-state index contributed by atoms with van der Waals surface area (Å²) in [4.78, 5) is 4.10. The Kier molecular flexibility index (Phi) is 3.80. The summed E-state index contributed by atoms with van der Waals surface area (Å²) < 4.78 is 23.8. The van der Waals surface area contributed by atoms with E-state index in [2.05, 4.69) is 10.3 Å². The average molecular weight is 348 g/mol. The number of aromatic nitrogens is 1. The van der Waals surface area contributed by atoms with Crippen LogP contribution in [0.1, 0.15) is 35.5 Å². The number of hydrogen-bond acceptors (Lipinski definition) is 3. The molecule has 1 aromatic rings. The van der Waals surface area contributed by atoms with Gasteiger partial charge in [0.25, 0.3) is 0 Å². The van der Waals surface area contributed by atoms with E-state index in [0.29, 0.717) is 27.8 Å². The third-order valence-electron chi connectivity index (χ3n) is 3.22. The van der Waals surface area contributed by atoms with Gasteiger partial charge < -0.3 is 11.1 Å². The van der Waals surface area contributed by atoms with E-state index in [9.17, 15) is 0 Å². The number of nitrogens with one attached hydrogen (secondary N) is 1. The summed E-state index contributed by atoms with van der Waals surface area (Å²) in [5.74, 6) is 0.638. The Labute approximate surface area is 121 Å². The average Bonchev–Trinajstić information content (AvgIpc) is 2.44. The van der Waals surface area contributed by atoms with Crippen LogP contribution in [0.15, 0.2) is 18.3 Å². The van der Waals surface area contributed by atoms with Crippen LogP contribution in [0.3, 0.4) is 0 Å². The minimum Gasteiger partial charge on any atom is -0.328 e. The van der Waals surface area contributed by atoms with Gasteiger partial charge in [0, 0.05) is 22.3 Å². The Bertz CT molecular complexity index is 476. The minimum absolute atomic E-state index is 0.0899. The van der Waals surface area contributed by atoms with Crippen molar-refractivity contribution in [2.75, 3.05) is 6.54 Å². The van der Waals surface area contributed by atoms with E-state index >= 15 is 0 Å². The van der Waals surface area contributed by atoms with Crippen molar-refractivity contribution in [3.63, 3.8) is 0 Å². The molecule has 0 aromatic carbocycles. The van der Waals surface area contributed by atoms with Crippen molar-refractivity contribution in [1.29, 1.82) is 0 Å². The first-order valence-electron chi connectivity index (χ1n) is 7.57. The molecule has 0 bridgehead atoms. The highest BCUT2D eigenvalue weighted by atomic mass is 127. The van der Waals surface area contributed by atoms with Crippen LogP contribution in [0.25, 0.3) is 0 Å². The summed E-state index contributed by atoms with van der Waals surface area (Å²) in [6.07, 6.45) is 4.56. The predicted octanol–water partition coefficient (Wildman–Crippen LogP) is 2.29. The van der Waals surface area contributed by atoms with E-state index in [1.807, 2.05) is 22.6 Å². The summed E-state index contributed by atoms with van der Waals surface area (Å²) in [5.41, 5.74) is 6.38. The molecule has 3 N–H and O–H groups in total. The first kappa shape index (κ1) is 9.69. The van der Waals surface area contributed by atoms with Crippen molar-refractivity contribution >= 4 is 22.6 Å². The third kappa shape index (κ3) is 4.52. The summed E-state index contributed by atoms with van der Waals surface area (Å²) in [7, 11) is 0. The molecule has 17 heavy (non-hydrogen) atoms. The van der Waals surface area contributed by atoms with Crippen LogP contribution in [0.4, 0.5) is 0 Å². The lowest BCUT2D eigenvalue weighted by molar-refractivity contribution is 0.314. The van der Waals surface area contributed by atoms with Gasteiger partial charge in [0.1, 0.15) is 0 Å². The lowest BCUT2D eigenvalue weighted by Gasteiger charge is -2.26. The molecular formula is C13H20IN3. The molecule has 1 saturated carbocycles. The maximum absolute atomic E-state index is 7.89. The molecule has 1 aliphatic carbocycles. The fourth-order valence-corrected chi connectivity index (χ4v) is 2.43. The maximum atomic E-state index is 7.89. The fourth-order valence-electron chi connectivity index (χ4n) is 2.17. The molecule has 0 aliphatic heterocycles. The van der Waals surface area contributed by atoms with E-state index < -0.39 is 0 Å². The Morgan fingerprint density at radius 2 is 2.18 bits per heavy atom. The van der Waals surface area contributed by atoms with Crippen molar-refractivity contribution in [3.05, 3.63) is 27.5 Å². The Morgan fingerprint density at radius 3 is 2.94 bits per heavy atom. The highest BCUT2D eigenvalue weighted by Crippen LogP contribution is 2.22. The molecule has 0 radical (unpaired) electrons. The molecule has 1 aromatic heterocycles. The van der Waals surface area contributed by atoms with Crippen LogP contribution in [0, 0.1) is 9.49 Å². The van der Waals surface area contributed by atoms with Gasteiger partial charge in [-0.05, 0) is 72.8 Å². The first-order chi connectivity index (χ1) is 9.49. The second-order valence-corrected chi connectivity index (χ2v) is 5.72. The zero-order chi connectivity index (χ0) is 14.7. The van der Waals surface area contributed by atoms with Crippen molar-refractivity contribution < 1.29 is 4.11 Å². The van der Waals surface area contributed by atoms with Crippen LogP contribution >= 0.6 is 22.6 Å². The lowest BCUT2D eigenvalue weighted by Crippen LogP contribution is -2.31. The summed E-state index contributed by atoms with van der Waals surface area (Å²) >= 11 is 1.90. The second-order valence-electron chi connectivity index (χ2n) is 4.65. The predicted molar refractivity (Wildman–Crippen MR) is 78.6 cm³/mol.